The van der Waals surface area contributed by atoms with Crippen LogP contribution >= 0.6 is 34.9 Å². The molecule has 1 nitrogen and oxygen atoms in total. The van der Waals surface area contributed by atoms with Gasteiger partial charge in [0.05, 0.1) is 0 Å². The molecular weight excluding hydrogens is 254 g/mol. The van der Waals surface area contributed by atoms with Crippen molar-refractivity contribution in [1.29, 1.82) is 0 Å². The summed E-state index contributed by atoms with van der Waals surface area (Å²) in [6, 6.07) is 4.69. The summed E-state index contributed by atoms with van der Waals surface area (Å²) in [5.41, 5.74) is 6.33. The van der Waals surface area contributed by atoms with Gasteiger partial charge in [-0.25, -0.2) is 0 Å². The van der Waals surface area contributed by atoms with Gasteiger partial charge in [-0.15, -0.1) is 11.3 Å². The van der Waals surface area contributed by atoms with Crippen LogP contribution in [0.15, 0.2) is 17.5 Å². The molecule has 0 radical (unpaired) electrons. The van der Waals surface area contributed by atoms with Crippen molar-refractivity contribution < 1.29 is 0 Å². The minimum Gasteiger partial charge on any atom is -0.327 e. The fraction of sp³-hybridized carbons (Fsp3) is 0.667. The van der Waals surface area contributed by atoms with E-state index in [4.69, 9.17) is 5.73 Å². The van der Waals surface area contributed by atoms with Crippen LogP contribution in [0.2, 0.25) is 0 Å². The van der Waals surface area contributed by atoms with Gasteiger partial charge < -0.3 is 5.73 Å². The Hall–Kier alpha value is 0.360. The lowest BCUT2D eigenvalue weighted by Gasteiger charge is -2.32. The molecule has 0 bridgehead atoms. The molecule has 0 saturated carbocycles. The van der Waals surface area contributed by atoms with Crippen molar-refractivity contribution in [2.75, 3.05) is 11.5 Å². The molecule has 1 aliphatic rings. The van der Waals surface area contributed by atoms with Gasteiger partial charge in [-0.2, -0.15) is 23.5 Å². The summed E-state index contributed by atoms with van der Waals surface area (Å²) < 4.78 is 0. The normalized spacial score (nSPS) is 27.9. The minimum absolute atomic E-state index is 0.356. The summed E-state index contributed by atoms with van der Waals surface area (Å²) in [6.45, 7) is 2.33. The van der Waals surface area contributed by atoms with Gasteiger partial charge in [0.1, 0.15) is 0 Å². The van der Waals surface area contributed by atoms with Crippen LogP contribution in [0, 0.1) is 0 Å². The van der Waals surface area contributed by atoms with E-state index in [1.165, 1.54) is 16.4 Å². The first kappa shape index (κ1) is 12.8. The average molecular weight is 273 g/mol. The summed E-state index contributed by atoms with van der Waals surface area (Å²) in [6.07, 6.45) is 2.27. The molecule has 1 aromatic heterocycles. The molecule has 2 N–H and O–H groups in total. The number of hydrogen-bond donors (Lipinski definition) is 1. The zero-order valence-electron chi connectivity index (χ0n) is 9.59. The molecule has 2 heterocycles. The van der Waals surface area contributed by atoms with Gasteiger partial charge in [-0.1, -0.05) is 13.0 Å². The van der Waals surface area contributed by atoms with Gasteiger partial charge in [0, 0.05) is 32.9 Å². The van der Waals surface area contributed by atoms with Gasteiger partial charge in [0.25, 0.3) is 0 Å². The second kappa shape index (κ2) is 6.34. The molecule has 90 valence electrons. The van der Waals surface area contributed by atoms with Crippen LogP contribution in [0.1, 0.15) is 18.2 Å². The molecule has 16 heavy (non-hydrogen) atoms. The van der Waals surface area contributed by atoms with E-state index in [1.54, 1.807) is 0 Å². The van der Waals surface area contributed by atoms with E-state index in [2.05, 4.69) is 48.0 Å². The molecule has 1 fully saturated rings. The number of thioether (sulfide) groups is 2. The maximum atomic E-state index is 6.33. The van der Waals surface area contributed by atoms with E-state index in [9.17, 15) is 0 Å². The predicted molar refractivity (Wildman–Crippen MR) is 78.8 cm³/mol. The monoisotopic (exact) mass is 273 g/mol. The Morgan fingerprint density at radius 1 is 1.44 bits per heavy atom. The zero-order valence-corrected chi connectivity index (χ0v) is 12.0. The summed E-state index contributed by atoms with van der Waals surface area (Å²) in [7, 11) is 0. The predicted octanol–water partition coefficient (Wildman–Crippen LogP) is 3.25. The third kappa shape index (κ3) is 3.42. The second-order valence-corrected chi connectivity index (χ2v) is 8.00. The number of nitrogens with two attached hydrogens (primary N) is 1. The van der Waals surface area contributed by atoms with Gasteiger partial charge >= 0.3 is 0 Å². The fourth-order valence-corrected chi connectivity index (χ4v) is 5.70. The van der Waals surface area contributed by atoms with E-state index < -0.39 is 0 Å². The van der Waals surface area contributed by atoms with Crippen LogP contribution in [0.3, 0.4) is 0 Å². The average Bonchev–Trinajstić information content (AvgIpc) is 2.79. The number of hydrogen-bond acceptors (Lipinski definition) is 4. The summed E-state index contributed by atoms with van der Waals surface area (Å²) in [5, 5.41) is 3.52. The zero-order chi connectivity index (χ0) is 11.4. The second-order valence-electron chi connectivity index (χ2n) is 4.19. The molecule has 0 aromatic carbocycles. The molecule has 4 heteroatoms. The molecule has 3 atom stereocenters. The third-order valence-corrected chi connectivity index (χ3v) is 7.17. The first-order valence-electron chi connectivity index (χ1n) is 5.78. The topological polar surface area (TPSA) is 26.0 Å². The van der Waals surface area contributed by atoms with Crippen LogP contribution in [0.4, 0.5) is 0 Å². The fourth-order valence-electron chi connectivity index (χ4n) is 2.05. The van der Waals surface area contributed by atoms with E-state index >= 15 is 0 Å². The Morgan fingerprint density at radius 2 is 2.25 bits per heavy atom. The van der Waals surface area contributed by atoms with E-state index in [-0.39, 0.29) is 0 Å². The Labute approximate surface area is 111 Å². The molecule has 1 saturated heterocycles. The van der Waals surface area contributed by atoms with Crippen molar-refractivity contribution in [2.24, 2.45) is 5.73 Å². The van der Waals surface area contributed by atoms with Crippen molar-refractivity contribution in [2.45, 2.75) is 36.3 Å². The standard InChI is InChI=1S/C12H19NS3/c1-9-12(16-8-7-14-9)11(13)5-4-10-3-2-6-15-10/h2-3,6,9,11-12H,4-5,7-8,13H2,1H3. The smallest absolute Gasteiger partial charge is 0.0315 e. The van der Waals surface area contributed by atoms with Crippen LogP contribution in [-0.4, -0.2) is 28.0 Å². The van der Waals surface area contributed by atoms with Gasteiger partial charge in [0.2, 0.25) is 0 Å². The maximum Gasteiger partial charge on any atom is 0.0315 e. The molecule has 1 aliphatic heterocycles. The lowest BCUT2D eigenvalue weighted by molar-refractivity contribution is 0.581. The lowest BCUT2D eigenvalue weighted by Crippen LogP contribution is -2.40. The molecule has 1 aromatic rings. The first-order valence-corrected chi connectivity index (χ1v) is 8.76. The lowest BCUT2D eigenvalue weighted by atomic mass is 10.1. The molecular formula is C12H19NS3. The van der Waals surface area contributed by atoms with Crippen LogP contribution in [0.5, 0.6) is 0 Å². The van der Waals surface area contributed by atoms with Gasteiger partial charge in [-0.05, 0) is 24.3 Å². The number of rotatable bonds is 4. The Kier molecular flexibility index (Phi) is 5.07. The summed E-state index contributed by atoms with van der Waals surface area (Å²) >= 11 is 6.00. The van der Waals surface area contributed by atoms with Gasteiger partial charge in [0.15, 0.2) is 0 Å². The molecule has 0 amide bonds. The quantitative estimate of drug-likeness (QED) is 0.912. The highest BCUT2D eigenvalue weighted by Gasteiger charge is 2.27. The number of thiophene rings is 1. The highest BCUT2D eigenvalue weighted by molar-refractivity contribution is 8.07. The summed E-state index contributed by atoms with van der Waals surface area (Å²) in [4.78, 5) is 1.47. The Balaban J connectivity index is 1.80. The molecule has 0 aliphatic carbocycles. The minimum atomic E-state index is 0.356. The van der Waals surface area contributed by atoms with E-state index in [0.29, 0.717) is 11.3 Å². The largest absolute Gasteiger partial charge is 0.327 e. The highest BCUT2D eigenvalue weighted by Crippen LogP contribution is 2.33. The van der Waals surface area contributed by atoms with E-state index in [0.717, 1.165) is 18.1 Å². The van der Waals surface area contributed by atoms with Crippen LogP contribution in [-0.2, 0) is 6.42 Å². The van der Waals surface area contributed by atoms with Crippen molar-refractivity contribution in [3.05, 3.63) is 22.4 Å². The summed E-state index contributed by atoms with van der Waals surface area (Å²) in [5.74, 6) is 2.56. The Morgan fingerprint density at radius 3 is 2.94 bits per heavy atom. The molecule has 3 unspecified atom stereocenters. The first-order chi connectivity index (χ1) is 7.77. The van der Waals surface area contributed by atoms with Crippen molar-refractivity contribution >= 4 is 34.9 Å². The highest BCUT2D eigenvalue weighted by atomic mass is 32.2. The van der Waals surface area contributed by atoms with Crippen LogP contribution < -0.4 is 5.73 Å². The van der Waals surface area contributed by atoms with Crippen LogP contribution in [0.25, 0.3) is 0 Å². The van der Waals surface area contributed by atoms with E-state index in [1.807, 2.05) is 11.3 Å². The van der Waals surface area contributed by atoms with Crippen molar-refractivity contribution in [3.8, 4) is 0 Å². The molecule has 0 spiro atoms. The Bertz CT molecular complexity index is 299. The third-order valence-electron chi connectivity index (χ3n) is 2.96. The van der Waals surface area contributed by atoms with Crippen molar-refractivity contribution in [1.82, 2.24) is 0 Å². The number of aryl methyl sites for hydroxylation is 1. The van der Waals surface area contributed by atoms with Gasteiger partial charge in [-0.3, -0.25) is 0 Å². The van der Waals surface area contributed by atoms with Crippen molar-refractivity contribution in [3.63, 3.8) is 0 Å². The SMILES string of the molecule is CC1SCCSC1C(N)CCc1cccs1. The maximum absolute atomic E-state index is 6.33. The molecule has 2 rings (SSSR count).